The summed E-state index contributed by atoms with van der Waals surface area (Å²) < 4.78 is 19.3. The lowest BCUT2D eigenvalue weighted by Crippen LogP contribution is -2.22. The molecule has 106 valence electrons. The maximum Gasteiger partial charge on any atom is 0.232 e. The maximum absolute atomic E-state index is 13.3. The van der Waals surface area contributed by atoms with Crippen molar-refractivity contribution in [1.29, 1.82) is 0 Å². The highest BCUT2D eigenvalue weighted by atomic mass is 79.9. The zero-order chi connectivity index (χ0) is 14.1. The van der Waals surface area contributed by atoms with E-state index in [0.29, 0.717) is 21.8 Å². The molecular weight excluding hydrogens is 327 g/mol. The molecule has 1 fully saturated rings. The molecule has 1 aromatic heterocycles. The molecule has 0 spiro atoms. The Hall–Kier alpha value is -1.27. The normalized spacial score (nSPS) is 22.9. The number of aliphatic hydroxyl groups excluding tert-OH is 1. The van der Waals surface area contributed by atoms with E-state index in [2.05, 4.69) is 26.1 Å². The Morgan fingerprint density at radius 3 is 2.90 bits per heavy atom. The quantitative estimate of drug-likeness (QED) is 0.906. The van der Waals surface area contributed by atoms with Gasteiger partial charge in [-0.25, -0.2) is 4.39 Å². The zero-order valence-electron chi connectivity index (χ0n) is 10.7. The minimum Gasteiger partial charge on any atom is -0.392 e. The van der Waals surface area contributed by atoms with Gasteiger partial charge in [-0.2, -0.15) is 4.98 Å². The second-order valence-corrected chi connectivity index (χ2v) is 5.89. The summed E-state index contributed by atoms with van der Waals surface area (Å²) in [6.45, 7) is 0. The lowest BCUT2D eigenvalue weighted by Gasteiger charge is -2.24. The molecule has 2 unspecified atom stereocenters. The van der Waals surface area contributed by atoms with Gasteiger partial charge in [0.15, 0.2) is 0 Å². The molecule has 1 aromatic carbocycles. The van der Waals surface area contributed by atoms with Crippen LogP contribution < -0.4 is 0 Å². The fourth-order valence-electron chi connectivity index (χ4n) is 2.56. The van der Waals surface area contributed by atoms with E-state index < -0.39 is 6.10 Å². The van der Waals surface area contributed by atoms with Gasteiger partial charge in [0.05, 0.1) is 12.0 Å². The standard InChI is InChI=1S/C14H14BrFN2O2/c15-11-6-5-8(16)7-10(11)13-17-14(20-18-13)9-3-1-2-4-12(9)19/h5-7,9,12,19H,1-4H2. The maximum atomic E-state index is 13.3. The number of hydrogen-bond donors (Lipinski definition) is 1. The van der Waals surface area contributed by atoms with Crippen LogP contribution in [0.5, 0.6) is 0 Å². The largest absolute Gasteiger partial charge is 0.392 e. The average molecular weight is 341 g/mol. The van der Waals surface area contributed by atoms with Crippen LogP contribution in [0.4, 0.5) is 4.39 Å². The number of rotatable bonds is 2. The van der Waals surface area contributed by atoms with Gasteiger partial charge in [-0.15, -0.1) is 0 Å². The monoisotopic (exact) mass is 340 g/mol. The fourth-order valence-corrected chi connectivity index (χ4v) is 2.99. The summed E-state index contributed by atoms with van der Waals surface area (Å²) in [5.41, 5.74) is 0.547. The van der Waals surface area contributed by atoms with E-state index in [1.165, 1.54) is 12.1 Å². The van der Waals surface area contributed by atoms with Gasteiger partial charge in [-0.3, -0.25) is 0 Å². The van der Waals surface area contributed by atoms with Gasteiger partial charge in [0.2, 0.25) is 11.7 Å². The molecule has 0 bridgehead atoms. The van der Waals surface area contributed by atoms with E-state index in [0.717, 1.165) is 25.7 Å². The molecule has 3 rings (SSSR count). The Morgan fingerprint density at radius 2 is 2.10 bits per heavy atom. The van der Waals surface area contributed by atoms with Crippen LogP contribution in [0.2, 0.25) is 0 Å². The highest BCUT2D eigenvalue weighted by Gasteiger charge is 2.29. The van der Waals surface area contributed by atoms with E-state index in [-0.39, 0.29) is 11.7 Å². The second-order valence-electron chi connectivity index (χ2n) is 5.04. The molecule has 4 nitrogen and oxygen atoms in total. The third kappa shape index (κ3) is 2.62. The Morgan fingerprint density at radius 1 is 1.30 bits per heavy atom. The van der Waals surface area contributed by atoms with Crippen molar-refractivity contribution in [3.8, 4) is 11.4 Å². The van der Waals surface area contributed by atoms with Gasteiger partial charge in [0.25, 0.3) is 0 Å². The first kappa shape index (κ1) is 13.7. The lowest BCUT2D eigenvalue weighted by atomic mass is 9.86. The number of hydrogen-bond acceptors (Lipinski definition) is 4. The van der Waals surface area contributed by atoms with Gasteiger partial charge in [-0.05, 0) is 31.0 Å². The van der Waals surface area contributed by atoms with E-state index >= 15 is 0 Å². The predicted octanol–water partition coefficient (Wildman–Crippen LogP) is 3.66. The van der Waals surface area contributed by atoms with Crippen LogP contribution in [-0.4, -0.2) is 21.4 Å². The highest BCUT2D eigenvalue weighted by molar-refractivity contribution is 9.10. The van der Waals surface area contributed by atoms with Crippen LogP contribution in [0.3, 0.4) is 0 Å². The molecule has 1 aliphatic rings. The van der Waals surface area contributed by atoms with Crippen molar-refractivity contribution in [1.82, 2.24) is 10.1 Å². The van der Waals surface area contributed by atoms with E-state index in [9.17, 15) is 9.50 Å². The van der Waals surface area contributed by atoms with Crippen LogP contribution in [0.15, 0.2) is 27.2 Å². The highest BCUT2D eigenvalue weighted by Crippen LogP contribution is 2.34. The Balaban J connectivity index is 1.91. The molecule has 0 aliphatic heterocycles. The number of aromatic nitrogens is 2. The third-order valence-corrected chi connectivity index (χ3v) is 4.35. The summed E-state index contributed by atoms with van der Waals surface area (Å²) >= 11 is 3.35. The van der Waals surface area contributed by atoms with Crippen molar-refractivity contribution in [3.63, 3.8) is 0 Å². The molecule has 1 heterocycles. The van der Waals surface area contributed by atoms with Crippen molar-refractivity contribution >= 4 is 15.9 Å². The molecule has 1 aliphatic carbocycles. The lowest BCUT2D eigenvalue weighted by molar-refractivity contribution is 0.0908. The van der Waals surface area contributed by atoms with E-state index in [1.807, 2.05) is 0 Å². The molecule has 1 saturated carbocycles. The van der Waals surface area contributed by atoms with Crippen molar-refractivity contribution < 1.29 is 14.0 Å². The number of nitrogens with zero attached hydrogens (tertiary/aromatic N) is 2. The summed E-state index contributed by atoms with van der Waals surface area (Å²) in [6.07, 6.45) is 3.23. The van der Waals surface area contributed by atoms with Crippen LogP contribution in [-0.2, 0) is 0 Å². The molecule has 1 N–H and O–H groups in total. The van der Waals surface area contributed by atoms with Crippen molar-refractivity contribution in [2.45, 2.75) is 37.7 Å². The Kier molecular flexibility index (Phi) is 3.85. The first-order valence-corrected chi connectivity index (χ1v) is 7.41. The number of halogens is 2. The minimum atomic E-state index is -0.437. The van der Waals surface area contributed by atoms with Crippen LogP contribution >= 0.6 is 15.9 Å². The molecule has 2 atom stereocenters. The van der Waals surface area contributed by atoms with Gasteiger partial charge in [0.1, 0.15) is 5.82 Å². The summed E-state index contributed by atoms with van der Waals surface area (Å²) in [4.78, 5) is 4.32. The van der Waals surface area contributed by atoms with Crippen molar-refractivity contribution in [2.75, 3.05) is 0 Å². The van der Waals surface area contributed by atoms with E-state index in [4.69, 9.17) is 4.52 Å². The minimum absolute atomic E-state index is 0.114. The first-order valence-electron chi connectivity index (χ1n) is 6.62. The van der Waals surface area contributed by atoms with Crippen molar-refractivity contribution in [2.24, 2.45) is 0 Å². The predicted molar refractivity (Wildman–Crippen MR) is 74.6 cm³/mol. The zero-order valence-corrected chi connectivity index (χ0v) is 12.3. The summed E-state index contributed by atoms with van der Waals surface area (Å²) in [5, 5.41) is 13.9. The SMILES string of the molecule is OC1CCCCC1c1nc(-c2cc(F)ccc2Br)no1. The molecule has 2 aromatic rings. The molecular formula is C14H14BrFN2O2. The number of aliphatic hydroxyl groups is 1. The van der Waals surface area contributed by atoms with Crippen LogP contribution in [0.25, 0.3) is 11.4 Å². The van der Waals surface area contributed by atoms with Crippen LogP contribution in [0, 0.1) is 5.82 Å². The second kappa shape index (κ2) is 5.61. The summed E-state index contributed by atoms with van der Waals surface area (Å²) in [7, 11) is 0. The Bertz CT molecular complexity index is 617. The topological polar surface area (TPSA) is 59.2 Å². The fraction of sp³-hybridized carbons (Fsp3) is 0.429. The van der Waals surface area contributed by atoms with Crippen molar-refractivity contribution in [3.05, 3.63) is 34.4 Å². The first-order chi connectivity index (χ1) is 9.65. The average Bonchev–Trinajstić information content (AvgIpc) is 2.91. The summed E-state index contributed by atoms with van der Waals surface area (Å²) in [5.74, 6) is 0.303. The third-order valence-electron chi connectivity index (χ3n) is 3.66. The van der Waals surface area contributed by atoms with Gasteiger partial charge < -0.3 is 9.63 Å². The van der Waals surface area contributed by atoms with Crippen LogP contribution in [0.1, 0.15) is 37.5 Å². The molecule has 20 heavy (non-hydrogen) atoms. The Labute approximate surface area is 124 Å². The smallest absolute Gasteiger partial charge is 0.232 e. The molecule has 0 saturated heterocycles. The molecule has 0 amide bonds. The van der Waals surface area contributed by atoms with Gasteiger partial charge in [-0.1, -0.05) is 33.9 Å². The molecule has 6 heteroatoms. The molecule has 0 radical (unpaired) electrons. The summed E-state index contributed by atoms with van der Waals surface area (Å²) in [6, 6.07) is 4.33. The van der Waals surface area contributed by atoms with Gasteiger partial charge >= 0.3 is 0 Å². The van der Waals surface area contributed by atoms with E-state index in [1.54, 1.807) is 6.07 Å². The number of benzene rings is 1. The van der Waals surface area contributed by atoms with Gasteiger partial charge in [0, 0.05) is 10.0 Å².